The van der Waals surface area contributed by atoms with Gasteiger partial charge in [0, 0.05) is 6.04 Å². The summed E-state index contributed by atoms with van der Waals surface area (Å²) in [6.45, 7) is 5.60. The third-order valence-corrected chi connectivity index (χ3v) is 4.64. The van der Waals surface area contributed by atoms with Crippen LogP contribution >= 0.6 is 0 Å². The van der Waals surface area contributed by atoms with Gasteiger partial charge in [-0.15, -0.1) is 0 Å². The van der Waals surface area contributed by atoms with Crippen molar-refractivity contribution in [2.24, 2.45) is 17.8 Å². The maximum Gasteiger partial charge on any atom is 0.331 e. The maximum atomic E-state index is 12.5. The van der Waals surface area contributed by atoms with Crippen LogP contribution < -0.4 is 5.32 Å². The van der Waals surface area contributed by atoms with Crippen molar-refractivity contribution in [2.75, 3.05) is 0 Å². The molecule has 2 unspecified atom stereocenters. The number of imide groups is 2. The van der Waals surface area contributed by atoms with Gasteiger partial charge in [0.15, 0.2) is 0 Å². The fraction of sp³-hybridized carbons (Fsp3) is 0.800. The second-order valence-corrected chi connectivity index (χ2v) is 6.36. The first kappa shape index (κ1) is 15.0. The van der Waals surface area contributed by atoms with Crippen LogP contribution in [0.3, 0.4) is 0 Å². The minimum Gasteiger partial charge on any atom is -0.277 e. The number of nitrogens with one attached hydrogen (secondary N) is 1. The Morgan fingerprint density at radius 3 is 2.20 bits per heavy atom. The highest BCUT2D eigenvalue weighted by atomic mass is 16.2. The van der Waals surface area contributed by atoms with E-state index in [1.165, 1.54) is 11.3 Å². The van der Waals surface area contributed by atoms with Crippen molar-refractivity contribution in [2.45, 2.75) is 58.9 Å². The summed E-state index contributed by atoms with van der Waals surface area (Å²) in [5, 5.41) is 2.34. The molecule has 1 aliphatic heterocycles. The molecule has 0 aromatic carbocycles. The normalized spacial score (nSPS) is 26.9. The molecule has 0 radical (unpaired) electrons. The van der Waals surface area contributed by atoms with E-state index in [1.54, 1.807) is 0 Å². The van der Waals surface area contributed by atoms with Gasteiger partial charge in [0.25, 0.3) is 0 Å². The Bertz CT molecular complexity index is 413. The number of carbonyl (C=O) groups is 3. The maximum absolute atomic E-state index is 12.5. The van der Waals surface area contributed by atoms with Gasteiger partial charge in [0.2, 0.25) is 11.8 Å². The summed E-state index contributed by atoms with van der Waals surface area (Å²) < 4.78 is 0. The minimum absolute atomic E-state index is 0.100. The smallest absolute Gasteiger partial charge is 0.277 e. The summed E-state index contributed by atoms with van der Waals surface area (Å²) in [6, 6.07) is -0.674. The lowest BCUT2D eigenvalue weighted by Crippen LogP contribution is -2.62. The lowest BCUT2D eigenvalue weighted by molar-refractivity contribution is -0.146. The molecule has 112 valence electrons. The minimum atomic E-state index is -0.737. The number of rotatable bonds is 3. The zero-order valence-electron chi connectivity index (χ0n) is 12.5. The average Bonchev–Trinajstić information content (AvgIpc) is 2.38. The standard InChI is InChI=1S/C15H24N2O3/c1-9(2)12-13(18)16-15(20)17(14(12)19)10(3)11-7-5-4-6-8-11/h9-12H,4-8H2,1-3H3,(H,16,18,20). The number of hydrogen-bond acceptors (Lipinski definition) is 3. The van der Waals surface area contributed by atoms with Gasteiger partial charge in [-0.3, -0.25) is 19.8 Å². The number of carbonyl (C=O) groups excluding carboxylic acids is 3. The Kier molecular flexibility index (Phi) is 4.45. The van der Waals surface area contributed by atoms with Crippen LogP contribution in [0.25, 0.3) is 0 Å². The molecule has 5 heteroatoms. The molecular weight excluding hydrogens is 256 g/mol. The third kappa shape index (κ3) is 2.72. The Balaban J connectivity index is 2.17. The van der Waals surface area contributed by atoms with E-state index in [-0.39, 0.29) is 17.9 Å². The molecule has 1 saturated heterocycles. The summed E-state index contributed by atoms with van der Waals surface area (Å²) >= 11 is 0. The third-order valence-electron chi connectivity index (χ3n) is 4.64. The summed E-state index contributed by atoms with van der Waals surface area (Å²) in [5.41, 5.74) is 0. The van der Waals surface area contributed by atoms with Gasteiger partial charge in [-0.1, -0.05) is 33.1 Å². The van der Waals surface area contributed by atoms with Crippen molar-refractivity contribution in [1.29, 1.82) is 0 Å². The Morgan fingerprint density at radius 1 is 1.05 bits per heavy atom. The topological polar surface area (TPSA) is 66.5 Å². The number of nitrogens with zero attached hydrogens (tertiary/aromatic N) is 1. The van der Waals surface area contributed by atoms with Crippen molar-refractivity contribution in [3.8, 4) is 0 Å². The van der Waals surface area contributed by atoms with E-state index < -0.39 is 17.9 Å². The van der Waals surface area contributed by atoms with Crippen LogP contribution in [0.2, 0.25) is 0 Å². The number of amides is 4. The summed E-state index contributed by atoms with van der Waals surface area (Å²) in [4.78, 5) is 37.7. The Hall–Kier alpha value is -1.39. The summed E-state index contributed by atoms with van der Waals surface area (Å²) in [5.74, 6) is -1.26. The van der Waals surface area contributed by atoms with E-state index >= 15 is 0 Å². The van der Waals surface area contributed by atoms with Crippen molar-refractivity contribution in [1.82, 2.24) is 10.2 Å². The van der Waals surface area contributed by atoms with E-state index in [1.807, 2.05) is 20.8 Å². The first-order valence-corrected chi connectivity index (χ1v) is 7.61. The van der Waals surface area contributed by atoms with Gasteiger partial charge in [0.05, 0.1) is 0 Å². The molecule has 20 heavy (non-hydrogen) atoms. The quantitative estimate of drug-likeness (QED) is 0.807. The van der Waals surface area contributed by atoms with Crippen molar-refractivity contribution >= 4 is 17.8 Å². The molecule has 1 saturated carbocycles. The van der Waals surface area contributed by atoms with Crippen LogP contribution in [0.5, 0.6) is 0 Å². The molecule has 2 fully saturated rings. The fourth-order valence-electron chi connectivity index (χ4n) is 3.41. The predicted octanol–water partition coefficient (Wildman–Crippen LogP) is 2.31. The van der Waals surface area contributed by atoms with E-state index in [0.29, 0.717) is 5.92 Å². The van der Waals surface area contributed by atoms with Crippen LogP contribution in [0.15, 0.2) is 0 Å². The van der Waals surface area contributed by atoms with Crippen LogP contribution in [0, 0.1) is 17.8 Å². The molecule has 0 aromatic heterocycles. The molecule has 2 aliphatic rings. The monoisotopic (exact) mass is 280 g/mol. The van der Waals surface area contributed by atoms with Crippen LogP contribution in [0.1, 0.15) is 52.9 Å². The second kappa shape index (κ2) is 5.94. The van der Waals surface area contributed by atoms with Gasteiger partial charge >= 0.3 is 6.03 Å². The molecule has 0 spiro atoms. The molecular formula is C15H24N2O3. The zero-order valence-corrected chi connectivity index (χ0v) is 12.5. The second-order valence-electron chi connectivity index (χ2n) is 6.36. The highest BCUT2D eigenvalue weighted by molar-refractivity contribution is 6.16. The molecule has 1 heterocycles. The van der Waals surface area contributed by atoms with Gasteiger partial charge in [-0.2, -0.15) is 0 Å². The molecule has 2 atom stereocenters. The van der Waals surface area contributed by atoms with Gasteiger partial charge in [-0.05, 0) is 31.6 Å². The highest BCUT2D eigenvalue weighted by Crippen LogP contribution is 2.31. The summed E-state index contributed by atoms with van der Waals surface area (Å²) in [6.07, 6.45) is 5.66. The number of hydrogen-bond donors (Lipinski definition) is 1. The predicted molar refractivity (Wildman–Crippen MR) is 74.7 cm³/mol. The number of urea groups is 1. The molecule has 0 bridgehead atoms. The molecule has 1 N–H and O–H groups in total. The number of barbiturate groups is 1. The Labute approximate surface area is 120 Å². The average molecular weight is 280 g/mol. The largest absolute Gasteiger partial charge is 0.331 e. The lowest BCUT2D eigenvalue weighted by atomic mass is 9.82. The van der Waals surface area contributed by atoms with E-state index in [4.69, 9.17) is 0 Å². The van der Waals surface area contributed by atoms with Crippen LogP contribution in [-0.2, 0) is 9.59 Å². The van der Waals surface area contributed by atoms with Crippen molar-refractivity contribution in [3.63, 3.8) is 0 Å². The van der Waals surface area contributed by atoms with E-state index in [0.717, 1.165) is 25.7 Å². The Morgan fingerprint density at radius 2 is 1.65 bits per heavy atom. The lowest BCUT2D eigenvalue weighted by Gasteiger charge is -2.39. The van der Waals surface area contributed by atoms with Crippen molar-refractivity contribution < 1.29 is 14.4 Å². The molecule has 5 nitrogen and oxygen atoms in total. The fourth-order valence-corrected chi connectivity index (χ4v) is 3.41. The van der Waals surface area contributed by atoms with Crippen LogP contribution in [0.4, 0.5) is 4.79 Å². The SMILES string of the molecule is CC(C)C1C(=O)NC(=O)N(C(C)C2CCCCC2)C1=O. The van der Waals surface area contributed by atoms with Gasteiger partial charge < -0.3 is 0 Å². The van der Waals surface area contributed by atoms with E-state index in [2.05, 4.69) is 5.32 Å². The van der Waals surface area contributed by atoms with Gasteiger partial charge in [-0.25, -0.2) is 4.79 Å². The zero-order chi connectivity index (χ0) is 14.9. The van der Waals surface area contributed by atoms with Gasteiger partial charge in [0.1, 0.15) is 5.92 Å². The van der Waals surface area contributed by atoms with E-state index in [9.17, 15) is 14.4 Å². The first-order valence-electron chi connectivity index (χ1n) is 7.61. The van der Waals surface area contributed by atoms with Crippen LogP contribution in [-0.4, -0.2) is 28.8 Å². The molecule has 2 rings (SSSR count). The van der Waals surface area contributed by atoms with Crippen molar-refractivity contribution in [3.05, 3.63) is 0 Å². The highest BCUT2D eigenvalue weighted by Gasteiger charge is 2.45. The molecule has 1 aliphatic carbocycles. The molecule has 4 amide bonds. The molecule has 0 aromatic rings. The first-order chi connectivity index (χ1) is 9.43. The summed E-state index contributed by atoms with van der Waals surface area (Å²) in [7, 11) is 0.